The fraction of sp³-hybridized carbons (Fsp3) is 0.273. The first kappa shape index (κ1) is 16.5. The van der Waals surface area contributed by atoms with Crippen molar-refractivity contribution in [3.05, 3.63) is 29.3 Å². The molecule has 0 unspecified atom stereocenters. The lowest BCUT2D eigenvalue weighted by atomic mass is 10.1. The molecule has 1 rings (SSSR count). The molecule has 0 heterocycles. The minimum Gasteiger partial charge on any atom is -0.496 e. The Morgan fingerprint density at radius 3 is 2.50 bits per heavy atom. The number of benzene rings is 1. The van der Waals surface area contributed by atoms with Crippen molar-refractivity contribution in [2.75, 3.05) is 14.2 Å². The molecular weight excluding hydrogens is 349 g/mol. The van der Waals surface area contributed by atoms with Crippen LogP contribution in [0.2, 0.25) is 0 Å². The maximum absolute atomic E-state index is 11.5. The Balaban J connectivity index is 0.00000289. The minimum atomic E-state index is -0.464. The van der Waals surface area contributed by atoms with E-state index in [0.29, 0.717) is 17.9 Å². The van der Waals surface area contributed by atoms with Crippen molar-refractivity contribution in [2.24, 2.45) is 16.5 Å². The van der Waals surface area contributed by atoms with Gasteiger partial charge in [-0.15, -0.1) is 24.0 Å². The zero-order chi connectivity index (χ0) is 12.8. The summed E-state index contributed by atoms with van der Waals surface area (Å²) in [6.45, 7) is 0.302. The molecule has 4 N–H and O–H groups in total. The van der Waals surface area contributed by atoms with Gasteiger partial charge in [-0.3, -0.25) is 0 Å². The topological polar surface area (TPSA) is 99.9 Å². The van der Waals surface area contributed by atoms with Crippen molar-refractivity contribution in [2.45, 2.75) is 6.54 Å². The molecule has 0 saturated heterocycles. The summed E-state index contributed by atoms with van der Waals surface area (Å²) in [5.74, 6) is -0.0147. The Bertz CT molecular complexity index is 445. The molecule has 1 aromatic rings. The van der Waals surface area contributed by atoms with Gasteiger partial charge in [0.15, 0.2) is 5.96 Å². The number of hydrogen-bond donors (Lipinski definition) is 2. The fourth-order valence-electron chi connectivity index (χ4n) is 1.31. The number of aliphatic imine (C=N–C) groups is 1. The van der Waals surface area contributed by atoms with Crippen LogP contribution in [0.3, 0.4) is 0 Å². The Morgan fingerprint density at radius 1 is 1.33 bits per heavy atom. The van der Waals surface area contributed by atoms with Crippen LogP contribution < -0.4 is 16.2 Å². The van der Waals surface area contributed by atoms with E-state index >= 15 is 0 Å². The van der Waals surface area contributed by atoms with E-state index in [4.69, 9.17) is 16.2 Å². The van der Waals surface area contributed by atoms with Crippen molar-refractivity contribution in [3.63, 3.8) is 0 Å². The van der Waals surface area contributed by atoms with Crippen LogP contribution in [0.4, 0.5) is 0 Å². The summed E-state index contributed by atoms with van der Waals surface area (Å²) >= 11 is 0. The fourth-order valence-corrected chi connectivity index (χ4v) is 1.31. The van der Waals surface area contributed by atoms with Gasteiger partial charge in [0, 0.05) is 0 Å². The SMILES string of the molecule is COC(=O)c1cc(CN=C(N)N)ccc1OC.I. The Morgan fingerprint density at radius 2 is 2.00 bits per heavy atom. The molecule has 0 amide bonds. The van der Waals surface area contributed by atoms with Crippen molar-refractivity contribution < 1.29 is 14.3 Å². The molecule has 18 heavy (non-hydrogen) atoms. The van der Waals surface area contributed by atoms with E-state index in [-0.39, 0.29) is 29.9 Å². The van der Waals surface area contributed by atoms with Gasteiger partial charge in [-0.25, -0.2) is 9.79 Å². The van der Waals surface area contributed by atoms with Crippen LogP contribution in [0, 0.1) is 0 Å². The Labute approximate surface area is 122 Å². The van der Waals surface area contributed by atoms with E-state index in [2.05, 4.69) is 9.73 Å². The van der Waals surface area contributed by atoms with Gasteiger partial charge in [0.05, 0.1) is 20.8 Å². The van der Waals surface area contributed by atoms with Gasteiger partial charge < -0.3 is 20.9 Å². The molecule has 0 spiro atoms. The zero-order valence-electron chi connectivity index (χ0n) is 10.2. The van der Waals surface area contributed by atoms with Gasteiger partial charge in [-0.05, 0) is 17.7 Å². The Hall–Kier alpha value is -1.51. The number of nitrogens with zero attached hydrogens (tertiary/aromatic N) is 1. The summed E-state index contributed by atoms with van der Waals surface area (Å²) in [7, 11) is 2.79. The molecule has 0 aromatic heterocycles. The molecule has 1 aromatic carbocycles. The molecule has 0 atom stereocenters. The third-order valence-electron chi connectivity index (χ3n) is 2.11. The third kappa shape index (κ3) is 4.40. The predicted octanol–water partition coefficient (Wildman–Crippen LogP) is 0.873. The van der Waals surface area contributed by atoms with Crippen molar-refractivity contribution in [3.8, 4) is 5.75 Å². The largest absolute Gasteiger partial charge is 0.496 e. The summed E-state index contributed by atoms with van der Waals surface area (Å²) in [4.78, 5) is 15.4. The highest BCUT2D eigenvalue weighted by molar-refractivity contribution is 14.0. The molecule has 6 nitrogen and oxygen atoms in total. The van der Waals surface area contributed by atoms with Crippen molar-refractivity contribution >= 4 is 35.9 Å². The summed E-state index contributed by atoms with van der Waals surface area (Å²) in [6, 6.07) is 5.08. The quantitative estimate of drug-likeness (QED) is 0.357. The first-order valence-electron chi connectivity index (χ1n) is 4.89. The molecule has 0 aliphatic rings. The minimum absolute atomic E-state index is 0. The number of hydrogen-bond acceptors (Lipinski definition) is 4. The van der Waals surface area contributed by atoms with Gasteiger partial charge in [0.25, 0.3) is 0 Å². The highest BCUT2D eigenvalue weighted by Crippen LogP contribution is 2.21. The number of nitrogens with two attached hydrogens (primary N) is 2. The zero-order valence-corrected chi connectivity index (χ0v) is 12.5. The average Bonchev–Trinajstić information content (AvgIpc) is 2.34. The number of guanidine groups is 1. The average molecular weight is 365 g/mol. The number of rotatable bonds is 4. The third-order valence-corrected chi connectivity index (χ3v) is 2.11. The number of carbonyl (C=O) groups excluding carboxylic acids is 1. The van der Waals surface area contributed by atoms with Crippen LogP contribution in [0.15, 0.2) is 23.2 Å². The Kier molecular flexibility index (Phi) is 7.10. The van der Waals surface area contributed by atoms with E-state index in [1.165, 1.54) is 14.2 Å². The highest BCUT2D eigenvalue weighted by atomic mass is 127. The smallest absolute Gasteiger partial charge is 0.341 e. The molecule has 0 aliphatic heterocycles. The number of carbonyl (C=O) groups is 1. The van der Waals surface area contributed by atoms with E-state index in [1.54, 1.807) is 18.2 Å². The van der Waals surface area contributed by atoms with Crippen LogP contribution in [0.25, 0.3) is 0 Å². The number of ether oxygens (including phenoxy) is 2. The van der Waals surface area contributed by atoms with Gasteiger partial charge in [0.1, 0.15) is 11.3 Å². The second-order valence-electron chi connectivity index (χ2n) is 3.27. The normalized spacial score (nSPS) is 9.00. The van der Waals surface area contributed by atoms with Crippen LogP contribution in [0.5, 0.6) is 5.75 Å². The van der Waals surface area contributed by atoms with Crippen LogP contribution in [-0.4, -0.2) is 26.1 Å². The standard InChI is InChI=1S/C11H15N3O3.HI/c1-16-9-4-3-7(6-14-11(12)13)5-8(9)10(15)17-2;/h3-5H,6H2,1-2H3,(H4,12,13,14);1H. The summed E-state index contributed by atoms with van der Waals surface area (Å²) in [6.07, 6.45) is 0. The van der Waals surface area contributed by atoms with E-state index < -0.39 is 5.97 Å². The highest BCUT2D eigenvalue weighted by Gasteiger charge is 2.13. The summed E-state index contributed by atoms with van der Waals surface area (Å²) < 4.78 is 9.72. The van der Waals surface area contributed by atoms with Gasteiger partial charge >= 0.3 is 5.97 Å². The van der Waals surface area contributed by atoms with E-state index in [9.17, 15) is 4.79 Å². The lowest BCUT2D eigenvalue weighted by Gasteiger charge is -2.08. The van der Waals surface area contributed by atoms with Crippen LogP contribution in [0.1, 0.15) is 15.9 Å². The van der Waals surface area contributed by atoms with Gasteiger partial charge in [-0.1, -0.05) is 6.07 Å². The van der Waals surface area contributed by atoms with Crippen LogP contribution in [-0.2, 0) is 11.3 Å². The maximum Gasteiger partial charge on any atom is 0.341 e. The lowest BCUT2D eigenvalue weighted by Crippen LogP contribution is -2.22. The van der Waals surface area contributed by atoms with Crippen molar-refractivity contribution in [1.29, 1.82) is 0 Å². The number of halogens is 1. The summed E-state index contributed by atoms with van der Waals surface area (Å²) in [5.41, 5.74) is 11.6. The lowest BCUT2D eigenvalue weighted by molar-refractivity contribution is 0.0597. The van der Waals surface area contributed by atoms with Crippen LogP contribution >= 0.6 is 24.0 Å². The maximum atomic E-state index is 11.5. The second kappa shape index (κ2) is 7.75. The number of esters is 1. The molecule has 7 heteroatoms. The van der Waals surface area contributed by atoms with E-state index in [0.717, 1.165) is 5.56 Å². The molecule has 100 valence electrons. The molecule has 0 fully saturated rings. The molecular formula is C11H16IN3O3. The number of methoxy groups -OCH3 is 2. The predicted molar refractivity (Wildman–Crippen MR) is 79.3 cm³/mol. The van der Waals surface area contributed by atoms with Gasteiger partial charge in [-0.2, -0.15) is 0 Å². The molecule has 0 radical (unpaired) electrons. The van der Waals surface area contributed by atoms with Gasteiger partial charge in [0.2, 0.25) is 0 Å². The first-order chi connectivity index (χ1) is 8.08. The molecule has 0 bridgehead atoms. The second-order valence-corrected chi connectivity index (χ2v) is 3.27. The van der Waals surface area contributed by atoms with E-state index in [1.807, 2.05) is 0 Å². The molecule has 0 saturated carbocycles. The first-order valence-corrected chi connectivity index (χ1v) is 4.89. The molecule has 0 aliphatic carbocycles. The monoisotopic (exact) mass is 365 g/mol. The summed E-state index contributed by atoms with van der Waals surface area (Å²) in [5, 5.41) is 0. The van der Waals surface area contributed by atoms with Crippen molar-refractivity contribution in [1.82, 2.24) is 0 Å².